The molecule has 4 nitrogen and oxygen atoms in total. The number of ether oxygens (including phenoxy) is 1. The van der Waals surface area contributed by atoms with E-state index in [9.17, 15) is 4.79 Å². The van der Waals surface area contributed by atoms with E-state index < -0.39 is 5.60 Å². The zero-order valence-electron chi connectivity index (χ0n) is 11.1. The molecule has 0 aliphatic heterocycles. The van der Waals surface area contributed by atoms with E-state index in [-0.39, 0.29) is 6.09 Å². The summed E-state index contributed by atoms with van der Waals surface area (Å²) in [6.07, 6.45) is 4.49. The summed E-state index contributed by atoms with van der Waals surface area (Å²) in [5.74, 6) is 0.620. The standard InChI is InChI=1S/C13H24N2O2/c1-12(2,3)17-11(16)15-8-9-4-13(5-9)6-10(14)7-13/h9-10H,4-8,14H2,1-3H3,(H,15,16)/t9-,10-,13?. The Morgan fingerprint density at radius 3 is 2.41 bits per heavy atom. The minimum absolute atomic E-state index is 0.302. The van der Waals surface area contributed by atoms with Gasteiger partial charge < -0.3 is 15.8 Å². The Morgan fingerprint density at radius 1 is 1.35 bits per heavy atom. The number of amides is 1. The van der Waals surface area contributed by atoms with Gasteiger partial charge in [0.25, 0.3) is 0 Å². The Bertz CT molecular complexity index is 295. The molecule has 3 N–H and O–H groups in total. The number of carbonyl (C=O) groups excluding carboxylic acids is 1. The van der Waals surface area contributed by atoms with Crippen LogP contribution in [0.3, 0.4) is 0 Å². The molecule has 0 saturated heterocycles. The Kier molecular flexibility index (Phi) is 3.10. The van der Waals surface area contributed by atoms with Gasteiger partial charge >= 0.3 is 6.09 Å². The first-order valence-electron chi connectivity index (χ1n) is 6.50. The fourth-order valence-electron chi connectivity index (χ4n) is 3.24. The van der Waals surface area contributed by atoms with Crippen molar-refractivity contribution in [2.45, 2.75) is 58.1 Å². The molecule has 0 unspecified atom stereocenters. The first-order valence-corrected chi connectivity index (χ1v) is 6.50. The first-order chi connectivity index (χ1) is 7.78. The van der Waals surface area contributed by atoms with Crippen molar-refractivity contribution < 1.29 is 9.53 Å². The Labute approximate surface area is 103 Å². The minimum atomic E-state index is -0.411. The molecule has 0 aromatic carbocycles. The molecule has 2 rings (SSSR count). The van der Waals surface area contributed by atoms with Gasteiger partial charge in [0, 0.05) is 12.6 Å². The predicted molar refractivity (Wildman–Crippen MR) is 66.6 cm³/mol. The predicted octanol–water partition coefficient (Wildman–Crippen LogP) is 2.03. The topological polar surface area (TPSA) is 64.3 Å². The van der Waals surface area contributed by atoms with Gasteiger partial charge in [0.05, 0.1) is 0 Å². The average molecular weight is 240 g/mol. The maximum Gasteiger partial charge on any atom is 0.407 e. The maximum absolute atomic E-state index is 11.4. The van der Waals surface area contributed by atoms with Crippen LogP contribution < -0.4 is 11.1 Å². The number of rotatable bonds is 2. The van der Waals surface area contributed by atoms with Gasteiger partial charge in [0.1, 0.15) is 5.60 Å². The summed E-state index contributed by atoms with van der Waals surface area (Å²) in [4.78, 5) is 11.4. The maximum atomic E-state index is 11.4. The monoisotopic (exact) mass is 240 g/mol. The van der Waals surface area contributed by atoms with Crippen LogP contribution in [0, 0.1) is 11.3 Å². The quantitative estimate of drug-likeness (QED) is 0.776. The van der Waals surface area contributed by atoms with Crippen molar-refractivity contribution in [3.8, 4) is 0 Å². The molecular weight excluding hydrogens is 216 g/mol. The van der Waals surface area contributed by atoms with Crippen molar-refractivity contribution in [1.82, 2.24) is 5.32 Å². The molecule has 0 aromatic heterocycles. The molecule has 0 radical (unpaired) electrons. The average Bonchev–Trinajstić information content (AvgIpc) is 2.03. The van der Waals surface area contributed by atoms with E-state index >= 15 is 0 Å². The van der Waals surface area contributed by atoms with Crippen molar-refractivity contribution in [1.29, 1.82) is 0 Å². The van der Waals surface area contributed by atoms with Crippen LogP contribution >= 0.6 is 0 Å². The summed E-state index contributed by atoms with van der Waals surface area (Å²) < 4.78 is 5.20. The summed E-state index contributed by atoms with van der Waals surface area (Å²) in [6, 6.07) is 0.426. The largest absolute Gasteiger partial charge is 0.444 e. The van der Waals surface area contributed by atoms with Crippen LogP contribution in [-0.2, 0) is 4.74 Å². The van der Waals surface area contributed by atoms with Crippen molar-refractivity contribution in [2.75, 3.05) is 6.54 Å². The minimum Gasteiger partial charge on any atom is -0.444 e. The lowest BCUT2D eigenvalue weighted by molar-refractivity contribution is -0.0388. The molecule has 1 amide bonds. The molecule has 0 heterocycles. The van der Waals surface area contributed by atoms with E-state index in [0.29, 0.717) is 17.4 Å². The number of carbonyl (C=O) groups is 1. The van der Waals surface area contributed by atoms with E-state index in [0.717, 1.165) is 6.54 Å². The lowest BCUT2D eigenvalue weighted by Crippen LogP contribution is -2.55. The van der Waals surface area contributed by atoms with Gasteiger partial charge in [-0.15, -0.1) is 0 Å². The summed E-state index contributed by atoms with van der Waals surface area (Å²) in [7, 11) is 0. The molecule has 2 saturated carbocycles. The third-order valence-electron chi connectivity index (χ3n) is 3.77. The van der Waals surface area contributed by atoms with Gasteiger partial charge in [0.2, 0.25) is 0 Å². The zero-order chi connectivity index (χ0) is 12.7. The summed E-state index contributed by atoms with van der Waals surface area (Å²) in [6.45, 7) is 6.37. The zero-order valence-corrected chi connectivity index (χ0v) is 11.1. The highest BCUT2D eigenvalue weighted by atomic mass is 16.6. The van der Waals surface area contributed by atoms with E-state index in [1.165, 1.54) is 25.7 Å². The SMILES string of the molecule is CC(C)(C)OC(=O)NC[C@H]1CC2(C[C@@H](N)C2)C1. The van der Waals surface area contributed by atoms with E-state index in [1.807, 2.05) is 20.8 Å². The molecule has 4 heteroatoms. The Morgan fingerprint density at radius 2 is 1.94 bits per heavy atom. The molecule has 2 fully saturated rings. The van der Waals surface area contributed by atoms with Gasteiger partial charge in [0.15, 0.2) is 0 Å². The van der Waals surface area contributed by atoms with Crippen LogP contribution in [0.15, 0.2) is 0 Å². The summed E-state index contributed by atoms with van der Waals surface area (Å²) in [5, 5.41) is 2.85. The second kappa shape index (κ2) is 4.16. The second-order valence-electron chi connectivity index (χ2n) is 6.83. The molecule has 2 aliphatic rings. The van der Waals surface area contributed by atoms with Gasteiger partial charge in [-0.3, -0.25) is 0 Å². The fourth-order valence-corrected chi connectivity index (χ4v) is 3.24. The summed E-state index contributed by atoms with van der Waals surface area (Å²) >= 11 is 0. The highest BCUT2D eigenvalue weighted by molar-refractivity contribution is 5.67. The summed E-state index contributed by atoms with van der Waals surface area (Å²) in [5.41, 5.74) is 5.94. The molecule has 0 bridgehead atoms. The van der Waals surface area contributed by atoms with Gasteiger partial charge in [-0.1, -0.05) is 0 Å². The van der Waals surface area contributed by atoms with Crippen LogP contribution in [0.5, 0.6) is 0 Å². The second-order valence-corrected chi connectivity index (χ2v) is 6.83. The van der Waals surface area contributed by atoms with Crippen LogP contribution in [-0.4, -0.2) is 24.3 Å². The Hall–Kier alpha value is -0.770. The Balaban J connectivity index is 1.60. The van der Waals surface area contributed by atoms with Gasteiger partial charge in [-0.25, -0.2) is 4.79 Å². The number of nitrogens with two attached hydrogens (primary N) is 1. The number of alkyl carbamates (subject to hydrolysis) is 1. The molecule has 98 valence electrons. The molecule has 0 aromatic rings. The van der Waals surface area contributed by atoms with Crippen LogP contribution in [0.25, 0.3) is 0 Å². The lowest BCUT2D eigenvalue weighted by atomic mass is 9.50. The van der Waals surface area contributed by atoms with Gasteiger partial charge in [-0.2, -0.15) is 0 Å². The molecular formula is C13H24N2O2. The van der Waals surface area contributed by atoms with E-state index in [4.69, 9.17) is 10.5 Å². The molecule has 2 aliphatic carbocycles. The molecule has 1 spiro atoms. The van der Waals surface area contributed by atoms with E-state index in [2.05, 4.69) is 5.32 Å². The number of hydrogen-bond donors (Lipinski definition) is 2. The smallest absolute Gasteiger partial charge is 0.407 e. The highest BCUT2D eigenvalue weighted by Crippen LogP contribution is 2.57. The van der Waals surface area contributed by atoms with Crippen molar-refractivity contribution in [3.63, 3.8) is 0 Å². The van der Waals surface area contributed by atoms with Crippen molar-refractivity contribution in [3.05, 3.63) is 0 Å². The number of nitrogens with one attached hydrogen (secondary N) is 1. The third-order valence-corrected chi connectivity index (χ3v) is 3.77. The third kappa shape index (κ3) is 3.12. The molecule has 0 atom stereocenters. The van der Waals surface area contributed by atoms with Crippen molar-refractivity contribution in [2.24, 2.45) is 17.1 Å². The lowest BCUT2D eigenvalue weighted by Gasteiger charge is -2.57. The molecule has 17 heavy (non-hydrogen) atoms. The van der Waals surface area contributed by atoms with Crippen LogP contribution in [0.2, 0.25) is 0 Å². The van der Waals surface area contributed by atoms with Crippen molar-refractivity contribution >= 4 is 6.09 Å². The number of hydrogen-bond acceptors (Lipinski definition) is 3. The van der Waals surface area contributed by atoms with Gasteiger partial charge in [-0.05, 0) is 57.8 Å². The van der Waals surface area contributed by atoms with Crippen LogP contribution in [0.1, 0.15) is 46.5 Å². The first kappa shape index (κ1) is 12.7. The highest BCUT2D eigenvalue weighted by Gasteiger charge is 2.51. The van der Waals surface area contributed by atoms with E-state index in [1.54, 1.807) is 0 Å². The van der Waals surface area contributed by atoms with Crippen LogP contribution in [0.4, 0.5) is 4.79 Å². The fraction of sp³-hybridized carbons (Fsp3) is 0.923. The normalized spacial score (nSPS) is 36.0.